The summed E-state index contributed by atoms with van der Waals surface area (Å²) in [5, 5.41) is 4.13. The summed E-state index contributed by atoms with van der Waals surface area (Å²) in [6.45, 7) is 5.46. The van der Waals surface area contributed by atoms with Crippen LogP contribution in [0.3, 0.4) is 0 Å². The molecular formula is C19H25N5O3. The lowest BCUT2D eigenvalue weighted by Crippen LogP contribution is -2.52. The summed E-state index contributed by atoms with van der Waals surface area (Å²) in [5.74, 6) is 1.59. The number of piperazine rings is 1. The normalized spacial score (nSPS) is 20.0. The second kappa shape index (κ2) is 7.96. The van der Waals surface area contributed by atoms with E-state index in [-0.39, 0.29) is 11.8 Å². The number of aromatic nitrogens is 3. The first kappa shape index (κ1) is 17.8. The van der Waals surface area contributed by atoms with E-state index in [0.29, 0.717) is 13.0 Å². The monoisotopic (exact) mass is 371 g/mol. The Hall–Kier alpha value is -2.61. The molecule has 1 aromatic heterocycles. The molecule has 8 heteroatoms. The van der Waals surface area contributed by atoms with Gasteiger partial charge in [0.15, 0.2) is 11.5 Å². The van der Waals surface area contributed by atoms with Gasteiger partial charge in [-0.15, -0.1) is 0 Å². The molecule has 1 atom stereocenters. The molecule has 4 rings (SSSR count). The molecule has 2 aromatic rings. The van der Waals surface area contributed by atoms with Crippen LogP contribution in [0.15, 0.2) is 30.9 Å². The van der Waals surface area contributed by atoms with Crippen molar-refractivity contribution in [1.29, 1.82) is 0 Å². The number of hydrogen-bond acceptors (Lipinski definition) is 6. The minimum Gasteiger partial charge on any atom is -0.493 e. The fourth-order valence-corrected chi connectivity index (χ4v) is 3.76. The van der Waals surface area contributed by atoms with Gasteiger partial charge in [0.1, 0.15) is 19.3 Å². The van der Waals surface area contributed by atoms with Gasteiger partial charge in [0, 0.05) is 32.7 Å². The molecule has 1 fully saturated rings. The van der Waals surface area contributed by atoms with E-state index in [1.165, 1.54) is 0 Å². The van der Waals surface area contributed by atoms with Crippen LogP contribution < -0.4 is 9.47 Å². The molecule has 0 bridgehead atoms. The maximum atomic E-state index is 12.9. The van der Waals surface area contributed by atoms with Gasteiger partial charge in [-0.2, -0.15) is 5.10 Å². The number of amides is 1. The van der Waals surface area contributed by atoms with Crippen molar-refractivity contribution in [1.82, 2.24) is 24.6 Å². The highest BCUT2D eigenvalue weighted by Gasteiger charge is 2.32. The minimum atomic E-state index is -0.119. The van der Waals surface area contributed by atoms with Crippen molar-refractivity contribution in [2.45, 2.75) is 13.0 Å². The lowest BCUT2D eigenvalue weighted by molar-refractivity contribution is -0.138. The van der Waals surface area contributed by atoms with Gasteiger partial charge in [0.25, 0.3) is 0 Å². The topological polar surface area (TPSA) is 72.7 Å². The zero-order chi connectivity index (χ0) is 18.6. The van der Waals surface area contributed by atoms with Crippen molar-refractivity contribution in [3.05, 3.63) is 36.4 Å². The molecule has 1 amide bonds. The largest absolute Gasteiger partial charge is 0.493 e. The molecule has 1 aromatic carbocycles. The first-order chi connectivity index (χ1) is 13.2. The second-order valence-corrected chi connectivity index (χ2v) is 6.99. The smallest absolute Gasteiger partial charge is 0.229 e. The quantitative estimate of drug-likeness (QED) is 0.770. The molecule has 0 radical (unpaired) electrons. The predicted octanol–water partition coefficient (Wildman–Crippen LogP) is 0.682. The van der Waals surface area contributed by atoms with Crippen LogP contribution in [-0.4, -0.2) is 76.9 Å². The summed E-state index contributed by atoms with van der Waals surface area (Å²) in [5.41, 5.74) is 1.05. The number of carbonyl (C=O) groups is 1. The Morgan fingerprint density at radius 3 is 2.85 bits per heavy atom. The van der Waals surface area contributed by atoms with Crippen molar-refractivity contribution in [3.63, 3.8) is 0 Å². The van der Waals surface area contributed by atoms with Crippen LogP contribution >= 0.6 is 0 Å². The van der Waals surface area contributed by atoms with Gasteiger partial charge in [0.05, 0.1) is 19.6 Å². The van der Waals surface area contributed by atoms with Crippen LogP contribution in [0.2, 0.25) is 0 Å². The standard InChI is InChI=1S/C19H25N5O3/c1-26-17-4-2-3-15-11-16(12-27-18(15)17)19(25)23-8-5-22(6-9-23)7-10-24-14-20-13-21-24/h2-4,13-14,16H,5-12H2,1H3/t16-/m1/s1. The van der Waals surface area contributed by atoms with E-state index in [0.717, 1.165) is 56.3 Å². The van der Waals surface area contributed by atoms with Gasteiger partial charge < -0.3 is 14.4 Å². The van der Waals surface area contributed by atoms with Crippen molar-refractivity contribution >= 4 is 5.91 Å². The molecule has 27 heavy (non-hydrogen) atoms. The van der Waals surface area contributed by atoms with Crippen molar-refractivity contribution in [2.24, 2.45) is 5.92 Å². The average Bonchev–Trinajstić information content (AvgIpc) is 3.25. The van der Waals surface area contributed by atoms with Gasteiger partial charge in [-0.25, -0.2) is 4.98 Å². The molecule has 3 heterocycles. The number of ether oxygens (including phenoxy) is 2. The molecule has 0 unspecified atom stereocenters. The van der Waals surface area contributed by atoms with Crippen molar-refractivity contribution in [3.8, 4) is 11.5 Å². The fraction of sp³-hybridized carbons (Fsp3) is 0.526. The summed E-state index contributed by atoms with van der Waals surface area (Å²) in [6, 6.07) is 5.85. The molecule has 1 saturated heterocycles. The maximum absolute atomic E-state index is 12.9. The van der Waals surface area contributed by atoms with Gasteiger partial charge in [0.2, 0.25) is 5.91 Å². The number of rotatable bonds is 5. The summed E-state index contributed by atoms with van der Waals surface area (Å²) < 4.78 is 13.1. The van der Waals surface area contributed by atoms with E-state index in [1.807, 2.05) is 27.8 Å². The van der Waals surface area contributed by atoms with E-state index >= 15 is 0 Å². The van der Waals surface area contributed by atoms with Crippen LogP contribution in [-0.2, 0) is 17.8 Å². The third-order valence-electron chi connectivity index (χ3n) is 5.32. The zero-order valence-electron chi connectivity index (χ0n) is 15.6. The summed E-state index contributed by atoms with van der Waals surface area (Å²) in [7, 11) is 1.64. The van der Waals surface area contributed by atoms with E-state index in [9.17, 15) is 4.79 Å². The fourth-order valence-electron chi connectivity index (χ4n) is 3.76. The van der Waals surface area contributed by atoms with Crippen molar-refractivity contribution < 1.29 is 14.3 Å². The first-order valence-corrected chi connectivity index (χ1v) is 9.37. The lowest BCUT2D eigenvalue weighted by Gasteiger charge is -2.37. The van der Waals surface area contributed by atoms with E-state index in [2.05, 4.69) is 15.0 Å². The van der Waals surface area contributed by atoms with Crippen LogP contribution in [0.1, 0.15) is 5.56 Å². The summed E-state index contributed by atoms with van der Waals surface area (Å²) in [4.78, 5) is 21.2. The first-order valence-electron chi connectivity index (χ1n) is 9.37. The highest BCUT2D eigenvalue weighted by molar-refractivity contribution is 5.80. The third-order valence-corrected chi connectivity index (χ3v) is 5.32. The number of hydrogen-bond donors (Lipinski definition) is 0. The predicted molar refractivity (Wildman–Crippen MR) is 98.7 cm³/mol. The van der Waals surface area contributed by atoms with Crippen LogP contribution in [0.4, 0.5) is 0 Å². The van der Waals surface area contributed by atoms with Crippen LogP contribution in [0, 0.1) is 5.92 Å². The highest BCUT2D eigenvalue weighted by Crippen LogP contribution is 2.36. The molecule has 2 aliphatic heterocycles. The molecule has 144 valence electrons. The van der Waals surface area contributed by atoms with E-state index in [4.69, 9.17) is 9.47 Å². The average molecular weight is 371 g/mol. The Kier molecular flexibility index (Phi) is 5.24. The lowest BCUT2D eigenvalue weighted by atomic mass is 9.95. The Morgan fingerprint density at radius 1 is 1.26 bits per heavy atom. The molecule has 0 aliphatic carbocycles. The minimum absolute atomic E-state index is 0.119. The van der Waals surface area contributed by atoms with Gasteiger partial charge in [-0.1, -0.05) is 12.1 Å². The van der Waals surface area contributed by atoms with E-state index in [1.54, 1.807) is 19.8 Å². The Bertz CT molecular complexity index is 772. The maximum Gasteiger partial charge on any atom is 0.229 e. The van der Waals surface area contributed by atoms with Gasteiger partial charge in [-0.3, -0.25) is 14.4 Å². The molecule has 0 saturated carbocycles. The number of nitrogens with zero attached hydrogens (tertiary/aromatic N) is 5. The SMILES string of the molecule is COc1cccc2c1OC[C@H](C(=O)N1CCN(CCn3cncn3)CC1)C2. The van der Waals surface area contributed by atoms with Crippen molar-refractivity contribution in [2.75, 3.05) is 46.4 Å². The Morgan fingerprint density at radius 2 is 2.11 bits per heavy atom. The van der Waals surface area contributed by atoms with Crippen LogP contribution in [0.5, 0.6) is 11.5 Å². The number of methoxy groups -OCH3 is 1. The number of benzene rings is 1. The third kappa shape index (κ3) is 3.90. The molecular weight excluding hydrogens is 346 g/mol. The molecule has 8 nitrogen and oxygen atoms in total. The van der Waals surface area contributed by atoms with Gasteiger partial charge >= 0.3 is 0 Å². The van der Waals surface area contributed by atoms with Gasteiger partial charge in [-0.05, 0) is 18.1 Å². The zero-order valence-corrected chi connectivity index (χ0v) is 15.6. The Balaban J connectivity index is 1.29. The number of para-hydroxylation sites is 1. The highest BCUT2D eigenvalue weighted by atomic mass is 16.5. The Labute approximate surface area is 158 Å². The van der Waals surface area contributed by atoms with Crippen LogP contribution in [0.25, 0.3) is 0 Å². The summed E-state index contributed by atoms with van der Waals surface area (Å²) >= 11 is 0. The molecule has 0 spiro atoms. The number of carbonyl (C=O) groups excluding carboxylic acids is 1. The molecule has 2 aliphatic rings. The molecule has 0 N–H and O–H groups in total. The summed E-state index contributed by atoms with van der Waals surface area (Å²) in [6.07, 6.45) is 3.99. The number of fused-ring (bicyclic) bond motifs is 1. The van der Waals surface area contributed by atoms with E-state index < -0.39 is 0 Å². The second-order valence-electron chi connectivity index (χ2n) is 6.99.